The standard InChI is InChI=1S/C19H19N/c1-15(20-19-9-3-2-4-10-19)16-11-13-18(14-12-16)17-7-5-6-8-17/h2-7,9-15,20H,8H2,1H3. The number of para-hydroxylation sites is 1. The summed E-state index contributed by atoms with van der Waals surface area (Å²) in [6, 6.07) is 19.5. The minimum Gasteiger partial charge on any atom is -0.379 e. The van der Waals surface area contributed by atoms with Gasteiger partial charge in [-0.2, -0.15) is 0 Å². The Kier molecular flexibility index (Phi) is 3.69. The van der Waals surface area contributed by atoms with E-state index < -0.39 is 0 Å². The van der Waals surface area contributed by atoms with E-state index in [0.29, 0.717) is 6.04 Å². The summed E-state index contributed by atoms with van der Waals surface area (Å²) < 4.78 is 0. The first-order valence-corrected chi connectivity index (χ1v) is 7.10. The number of anilines is 1. The number of benzene rings is 2. The van der Waals surface area contributed by atoms with Gasteiger partial charge in [-0.15, -0.1) is 0 Å². The van der Waals surface area contributed by atoms with E-state index in [4.69, 9.17) is 0 Å². The molecular weight excluding hydrogens is 242 g/mol. The van der Waals surface area contributed by atoms with Crippen molar-refractivity contribution in [2.24, 2.45) is 0 Å². The van der Waals surface area contributed by atoms with Gasteiger partial charge in [0.15, 0.2) is 0 Å². The summed E-state index contributed by atoms with van der Waals surface area (Å²) in [7, 11) is 0. The van der Waals surface area contributed by atoms with E-state index >= 15 is 0 Å². The number of hydrogen-bond donors (Lipinski definition) is 1. The van der Waals surface area contributed by atoms with E-state index in [1.807, 2.05) is 6.07 Å². The predicted octanol–water partition coefficient (Wildman–Crippen LogP) is 5.20. The maximum absolute atomic E-state index is 3.52. The Balaban J connectivity index is 1.71. The molecule has 2 aromatic carbocycles. The van der Waals surface area contributed by atoms with Gasteiger partial charge in [0.2, 0.25) is 0 Å². The van der Waals surface area contributed by atoms with Crippen molar-refractivity contribution >= 4 is 11.3 Å². The average molecular weight is 261 g/mol. The predicted molar refractivity (Wildman–Crippen MR) is 86.7 cm³/mol. The molecule has 0 heterocycles. The Bertz CT molecular complexity index is 621. The molecule has 1 unspecified atom stereocenters. The van der Waals surface area contributed by atoms with Gasteiger partial charge in [-0.3, -0.25) is 0 Å². The first kappa shape index (κ1) is 12.7. The van der Waals surface area contributed by atoms with Crippen molar-refractivity contribution in [3.63, 3.8) is 0 Å². The Hall–Kier alpha value is -2.28. The van der Waals surface area contributed by atoms with Gasteiger partial charge < -0.3 is 5.32 Å². The molecule has 0 saturated heterocycles. The zero-order valence-corrected chi connectivity index (χ0v) is 11.7. The Labute approximate surface area is 120 Å². The van der Waals surface area contributed by atoms with Gasteiger partial charge in [0.1, 0.15) is 0 Å². The zero-order valence-electron chi connectivity index (χ0n) is 11.7. The van der Waals surface area contributed by atoms with Gasteiger partial charge in [-0.05, 0) is 42.2 Å². The van der Waals surface area contributed by atoms with Crippen molar-refractivity contribution in [2.45, 2.75) is 19.4 Å². The summed E-state index contributed by atoms with van der Waals surface area (Å²) >= 11 is 0. The van der Waals surface area contributed by atoms with Crippen LogP contribution >= 0.6 is 0 Å². The second-order valence-electron chi connectivity index (χ2n) is 5.18. The van der Waals surface area contributed by atoms with E-state index in [9.17, 15) is 0 Å². The summed E-state index contributed by atoms with van der Waals surface area (Å²) in [5, 5.41) is 3.52. The minimum absolute atomic E-state index is 0.308. The molecule has 1 N–H and O–H groups in total. The highest BCUT2D eigenvalue weighted by atomic mass is 14.9. The molecule has 0 saturated carbocycles. The van der Waals surface area contributed by atoms with Crippen LogP contribution in [-0.4, -0.2) is 0 Å². The molecule has 1 aliphatic carbocycles. The second kappa shape index (κ2) is 5.79. The van der Waals surface area contributed by atoms with E-state index in [1.165, 1.54) is 16.7 Å². The molecule has 0 fully saturated rings. The highest BCUT2D eigenvalue weighted by Crippen LogP contribution is 2.25. The van der Waals surface area contributed by atoms with Gasteiger partial charge in [0.25, 0.3) is 0 Å². The molecule has 1 nitrogen and oxygen atoms in total. The zero-order chi connectivity index (χ0) is 13.8. The fourth-order valence-corrected chi connectivity index (χ4v) is 2.51. The topological polar surface area (TPSA) is 12.0 Å². The average Bonchev–Trinajstić information content (AvgIpc) is 3.03. The van der Waals surface area contributed by atoms with Gasteiger partial charge in [-0.1, -0.05) is 60.7 Å². The van der Waals surface area contributed by atoms with Crippen LogP contribution in [0.25, 0.3) is 5.57 Å². The second-order valence-corrected chi connectivity index (χ2v) is 5.18. The fourth-order valence-electron chi connectivity index (χ4n) is 2.51. The lowest BCUT2D eigenvalue weighted by Crippen LogP contribution is -2.06. The van der Waals surface area contributed by atoms with Crippen LogP contribution in [0.15, 0.2) is 72.8 Å². The maximum Gasteiger partial charge on any atom is 0.0485 e. The van der Waals surface area contributed by atoms with E-state index in [1.54, 1.807) is 0 Å². The minimum atomic E-state index is 0.308. The summed E-state index contributed by atoms with van der Waals surface area (Å²) in [6.07, 6.45) is 7.57. The molecule has 0 bridgehead atoms. The van der Waals surface area contributed by atoms with Crippen LogP contribution in [0.5, 0.6) is 0 Å². The SMILES string of the molecule is CC(Nc1ccccc1)c1ccc(C2=CC=CC2)cc1. The molecule has 1 aliphatic rings. The van der Waals surface area contributed by atoms with Crippen LogP contribution in [0.4, 0.5) is 5.69 Å². The maximum atomic E-state index is 3.52. The van der Waals surface area contributed by atoms with Crippen molar-refractivity contribution in [2.75, 3.05) is 5.32 Å². The molecule has 1 atom stereocenters. The highest BCUT2D eigenvalue weighted by Gasteiger charge is 2.07. The van der Waals surface area contributed by atoms with Crippen molar-refractivity contribution in [3.8, 4) is 0 Å². The normalized spacial score (nSPS) is 14.9. The molecule has 0 spiro atoms. The summed E-state index contributed by atoms with van der Waals surface area (Å²) in [4.78, 5) is 0. The lowest BCUT2D eigenvalue weighted by atomic mass is 10.0. The third-order valence-corrected chi connectivity index (χ3v) is 3.71. The van der Waals surface area contributed by atoms with Crippen molar-refractivity contribution in [1.29, 1.82) is 0 Å². The molecule has 0 amide bonds. The quantitative estimate of drug-likeness (QED) is 0.797. The van der Waals surface area contributed by atoms with Crippen LogP contribution < -0.4 is 5.32 Å². The van der Waals surface area contributed by atoms with Crippen LogP contribution in [0.1, 0.15) is 30.5 Å². The summed E-state index contributed by atoms with van der Waals surface area (Å²) in [5.74, 6) is 0. The monoisotopic (exact) mass is 261 g/mol. The van der Waals surface area contributed by atoms with E-state index in [-0.39, 0.29) is 0 Å². The molecule has 20 heavy (non-hydrogen) atoms. The van der Waals surface area contributed by atoms with Gasteiger partial charge in [0, 0.05) is 11.7 Å². The molecule has 0 aliphatic heterocycles. The van der Waals surface area contributed by atoms with Crippen molar-refractivity contribution in [3.05, 3.63) is 84.0 Å². The third kappa shape index (κ3) is 2.83. The number of nitrogens with one attached hydrogen (secondary N) is 1. The van der Waals surface area contributed by atoms with Crippen LogP contribution in [0, 0.1) is 0 Å². The van der Waals surface area contributed by atoms with Gasteiger partial charge in [-0.25, -0.2) is 0 Å². The number of allylic oxidation sites excluding steroid dienone is 4. The smallest absolute Gasteiger partial charge is 0.0485 e. The molecular formula is C19H19N. The Morgan fingerprint density at radius 3 is 2.35 bits per heavy atom. The first-order valence-electron chi connectivity index (χ1n) is 7.10. The molecule has 0 aromatic heterocycles. The number of hydrogen-bond acceptors (Lipinski definition) is 1. The van der Waals surface area contributed by atoms with Gasteiger partial charge >= 0.3 is 0 Å². The lowest BCUT2D eigenvalue weighted by Gasteiger charge is -2.16. The number of rotatable bonds is 4. The van der Waals surface area contributed by atoms with E-state index in [0.717, 1.165) is 12.1 Å². The molecule has 3 rings (SSSR count). The molecule has 100 valence electrons. The lowest BCUT2D eigenvalue weighted by molar-refractivity contribution is 0.884. The third-order valence-electron chi connectivity index (χ3n) is 3.71. The van der Waals surface area contributed by atoms with Crippen molar-refractivity contribution in [1.82, 2.24) is 0 Å². The van der Waals surface area contributed by atoms with E-state index in [2.05, 4.69) is 79.0 Å². The van der Waals surface area contributed by atoms with Crippen molar-refractivity contribution < 1.29 is 0 Å². The van der Waals surface area contributed by atoms with Gasteiger partial charge in [0.05, 0.1) is 0 Å². The summed E-state index contributed by atoms with van der Waals surface area (Å²) in [5.41, 5.74) is 5.20. The molecule has 2 aromatic rings. The Morgan fingerprint density at radius 1 is 0.950 bits per heavy atom. The first-order chi connectivity index (χ1) is 9.83. The fraction of sp³-hybridized carbons (Fsp3) is 0.158. The molecule has 0 radical (unpaired) electrons. The molecule has 1 heteroatoms. The van der Waals surface area contributed by atoms with Crippen LogP contribution in [0.3, 0.4) is 0 Å². The van der Waals surface area contributed by atoms with Crippen LogP contribution in [0.2, 0.25) is 0 Å². The largest absolute Gasteiger partial charge is 0.379 e. The Morgan fingerprint density at radius 2 is 1.70 bits per heavy atom. The summed E-state index contributed by atoms with van der Waals surface area (Å²) in [6.45, 7) is 2.19. The van der Waals surface area contributed by atoms with Crippen LogP contribution in [-0.2, 0) is 0 Å². The highest BCUT2D eigenvalue weighted by molar-refractivity contribution is 5.70.